The summed E-state index contributed by atoms with van der Waals surface area (Å²) in [6.45, 7) is 11.7. The summed E-state index contributed by atoms with van der Waals surface area (Å²) >= 11 is 1.47. The van der Waals surface area contributed by atoms with Gasteiger partial charge in [0, 0.05) is 43.6 Å². The number of aromatic nitrogens is 4. The van der Waals surface area contributed by atoms with Gasteiger partial charge in [0.2, 0.25) is 5.91 Å². The molecule has 0 bridgehead atoms. The maximum Gasteiger partial charge on any atom is 0.433 e. The van der Waals surface area contributed by atoms with Gasteiger partial charge in [-0.1, -0.05) is 36.1 Å². The summed E-state index contributed by atoms with van der Waals surface area (Å²) in [4.78, 5) is 52.7. The Bertz CT molecular complexity index is 2470. The topological polar surface area (TPSA) is 138 Å². The van der Waals surface area contributed by atoms with Crippen LogP contribution in [0, 0.1) is 5.92 Å². The standard InChI is InChI=1S/C42H47F3N8O4S/c1-24-11-12-33(38(55)46-24)53-32-9-5-7-27(36(32)50(4)40(53)56)26-15-17-51(18-16-26)23-25-13-19-52(20-14-25)39-49-31-21-28(41(2,3)57)30(22-34(31)58-39)48-37(54)29-8-6-10-35(47-29)42(43,44)45/h5-10,21-22,25-26,33,57H,1,11-20,23H2,2-4H3,(H,46,55)(H,48,54). The number of aryl methyl sites for hydroxylation is 1. The molecule has 2 amide bonds. The number of piperidine rings is 3. The van der Waals surface area contributed by atoms with E-state index in [1.807, 2.05) is 12.1 Å². The Morgan fingerprint density at radius 1 is 1.00 bits per heavy atom. The molecule has 3 aliphatic rings. The Kier molecular flexibility index (Phi) is 10.5. The van der Waals surface area contributed by atoms with Crippen LogP contribution in [0.2, 0.25) is 0 Å². The zero-order chi connectivity index (χ0) is 41.1. The highest BCUT2D eigenvalue weighted by molar-refractivity contribution is 7.22. The number of likely N-dealkylation sites (tertiary alicyclic amines) is 1. The van der Waals surface area contributed by atoms with Crippen LogP contribution >= 0.6 is 11.3 Å². The van der Waals surface area contributed by atoms with Crippen molar-refractivity contribution >= 4 is 55.2 Å². The van der Waals surface area contributed by atoms with Gasteiger partial charge in [-0.15, -0.1) is 0 Å². The molecule has 0 saturated carbocycles. The largest absolute Gasteiger partial charge is 0.433 e. The van der Waals surface area contributed by atoms with Crippen molar-refractivity contribution in [1.82, 2.24) is 29.3 Å². The van der Waals surface area contributed by atoms with E-state index in [1.54, 1.807) is 42.2 Å². The van der Waals surface area contributed by atoms with Crippen LogP contribution in [-0.4, -0.2) is 73.6 Å². The van der Waals surface area contributed by atoms with Crippen LogP contribution in [0.5, 0.6) is 0 Å². The summed E-state index contributed by atoms with van der Waals surface area (Å²) in [5, 5.41) is 17.3. The van der Waals surface area contributed by atoms with Crippen molar-refractivity contribution in [1.29, 1.82) is 0 Å². The molecule has 306 valence electrons. The van der Waals surface area contributed by atoms with Crippen LogP contribution in [0.1, 0.15) is 91.6 Å². The highest BCUT2D eigenvalue weighted by Crippen LogP contribution is 2.39. The molecule has 0 spiro atoms. The van der Waals surface area contributed by atoms with Crippen molar-refractivity contribution in [3.63, 3.8) is 0 Å². The number of halogens is 3. The van der Waals surface area contributed by atoms with E-state index in [2.05, 4.69) is 38.1 Å². The SMILES string of the molecule is C=C1CCC(n2c(=O)n(C)c3c(C4CCN(CC5CCN(c6nc7cc(C(C)(C)O)c(NC(=O)c8cccc(C(F)(F)F)n8)cc7s6)CC5)CC4)cccc32)C(=O)N1. The summed E-state index contributed by atoms with van der Waals surface area (Å²) in [7, 11) is 1.80. The average Bonchev–Trinajstić information content (AvgIpc) is 3.72. The molecular formula is C42H47F3N8O4S. The molecule has 5 aromatic rings. The predicted molar refractivity (Wildman–Crippen MR) is 218 cm³/mol. The number of thiazole rings is 1. The fourth-order valence-corrected chi connectivity index (χ4v) is 9.86. The molecule has 3 aliphatic heterocycles. The van der Waals surface area contributed by atoms with Gasteiger partial charge in [0.25, 0.3) is 5.91 Å². The molecule has 3 N–H and O–H groups in total. The molecule has 1 atom stereocenters. The first-order valence-corrected chi connectivity index (χ1v) is 20.6. The van der Waals surface area contributed by atoms with Crippen molar-refractivity contribution in [2.24, 2.45) is 13.0 Å². The first-order chi connectivity index (χ1) is 27.5. The first kappa shape index (κ1) is 39.8. The van der Waals surface area contributed by atoms with Crippen LogP contribution < -0.4 is 21.2 Å². The number of carbonyl (C=O) groups excluding carboxylic acids is 2. The van der Waals surface area contributed by atoms with Crippen LogP contribution in [0.25, 0.3) is 21.3 Å². The molecule has 12 nitrogen and oxygen atoms in total. The van der Waals surface area contributed by atoms with Gasteiger partial charge in [0.1, 0.15) is 17.4 Å². The number of nitrogens with one attached hydrogen (secondary N) is 2. The molecule has 2 aromatic carbocycles. The van der Waals surface area contributed by atoms with E-state index >= 15 is 0 Å². The van der Waals surface area contributed by atoms with Crippen LogP contribution in [-0.2, 0) is 23.6 Å². The molecular weight excluding hydrogens is 770 g/mol. The fraction of sp³-hybridized carbons (Fsp3) is 0.452. The van der Waals surface area contributed by atoms with Gasteiger partial charge in [-0.25, -0.2) is 14.8 Å². The molecule has 3 aromatic heterocycles. The Labute approximate surface area is 337 Å². The van der Waals surface area contributed by atoms with E-state index in [9.17, 15) is 32.7 Å². The minimum atomic E-state index is -4.69. The normalized spacial score (nSPS) is 19.3. The summed E-state index contributed by atoms with van der Waals surface area (Å²) in [6, 6.07) is 12.1. The number of benzene rings is 2. The molecule has 3 saturated heterocycles. The molecule has 6 heterocycles. The number of hydrogen-bond acceptors (Lipinski definition) is 9. The highest BCUT2D eigenvalue weighted by atomic mass is 32.1. The second-order valence-electron chi connectivity index (χ2n) is 16.4. The quantitative estimate of drug-likeness (QED) is 0.154. The molecule has 0 aliphatic carbocycles. The van der Waals surface area contributed by atoms with Crippen molar-refractivity contribution in [3.05, 3.63) is 93.8 Å². The lowest BCUT2D eigenvalue weighted by atomic mass is 9.87. The second kappa shape index (κ2) is 15.3. The average molecular weight is 817 g/mol. The number of imidazole rings is 1. The number of hydrogen-bond donors (Lipinski definition) is 3. The van der Waals surface area contributed by atoms with Gasteiger partial charge < -0.3 is 25.5 Å². The van der Waals surface area contributed by atoms with E-state index < -0.39 is 29.4 Å². The van der Waals surface area contributed by atoms with E-state index in [0.29, 0.717) is 41.5 Å². The van der Waals surface area contributed by atoms with E-state index in [0.717, 1.165) is 97.0 Å². The number of pyridine rings is 1. The van der Waals surface area contributed by atoms with Gasteiger partial charge in [0.15, 0.2) is 5.13 Å². The van der Waals surface area contributed by atoms with E-state index in [-0.39, 0.29) is 23.0 Å². The van der Waals surface area contributed by atoms with Gasteiger partial charge in [0.05, 0.1) is 26.9 Å². The number of fused-ring (bicyclic) bond motifs is 2. The number of nitrogens with zero attached hydrogens (tertiary/aromatic N) is 6. The summed E-state index contributed by atoms with van der Waals surface area (Å²) in [5.74, 6) is -0.158. The predicted octanol–water partition coefficient (Wildman–Crippen LogP) is 6.90. The van der Waals surface area contributed by atoms with Gasteiger partial charge in [-0.3, -0.25) is 18.7 Å². The Hall–Kier alpha value is -5.06. The van der Waals surface area contributed by atoms with Gasteiger partial charge in [-0.05, 0) is 113 Å². The summed E-state index contributed by atoms with van der Waals surface area (Å²) in [6.07, 6.45) is 0.482. The maximum atomic E-state index is 13.5. The molecule has 0 radical (unpaired) electrons. The van der Waals surface area contributed by atoms with Gasteiger partial charge in [-0.2, -0.15) is 13.2 Å². The Balaban J connectivity index is 0.897. The minimum Gasteiger partial charge on any atom is -0.386 e. The second-order valence-corrected chi connectivity index (χ2v) is 17.4. The number of carbonyl (C=O) groups is 2. The number of allylic oxidation sites excluding steroid dienone is 1. The number of rotatable bonds is 8. The van der Waals surface area contributed by atoms with Crippen LogP contribution in [0.3, 0.4) is 0 Å². The van der Waals surface area contributed by atoms with Gasteiger partial charge >= 0.3 is 11.9 Å². The summed E-state index contributed by atoms with van der Waals surface area (Å²) < 4.78 is 43.9. The van der Waals surface area contributed by atoms with Crippen molar-refractivity contribution in [3.8, 4) is 0 Å². The van der Waals surface area contributed by atoms with E-state index in [4.69, 9.17) is 4.98 Å². The number of alkyl halides is 3. The van der Waals surface area contributed by atoms with E-state index in [1.165, 1.54) is 17.4 Å². The highest BCUT2D eigenvalue weighted by Gasteiger charge is 2.34. The minimum absolute atomic E-state index is 0.174. The molecule has 3 fully saturated rings. The monoisotopic (exact) mass is 816 g/mol. The van der Waals surface area contributed by atoms with Crippen molar-refractivity contribution < 1.29 is 27.9 Å². The third-order valence-electron chi connectivity index (χ3n) is 11.9. The lowest BCUT2D eigenvalue weighted by Gasteiger charge is -2.38. The number of para-hydroxylation sites is 1. The molecule has 8 rings (SSSR count). The maximum absolute atomic E-state index is 13.5. The zero-order valence-corrected chi connectivity index (χ0v) is 33.6. The third-order valence-corrected chi connectivity index (χ3v) is 13.0. The number of aliphatic hydroxyl groups is 1. The third kappa shape index (κ3) is 7.76. The molecule has 1 unspecified atom stereocenters. The fourth-order valence-electron chi connectivity index (χ4n) is 8.82. The number of amides is 2. The lowest BCUT2D eigenvalue weighted by molar-refractivity contribution is -0.141. The summed E-state index contributed by atoms with van der Waals surface area (Å²) in [5.41, 5.74) is 1.80. The first-order valence-electron chi connectivity index (χ1n) is 19.7. The van der Waals surface area contributed by atoms with Crippen LogP contribution in [0.15, 0.2) is 65.6 Å². The molecule has 16 heteroatoms. The van der Waals surface area contributed by atoms with Crippen LogP contribution in [0.4, 0.5) is 24.0 Å². The Morgan fingerprint density at radius 2 is 1.72 bits per heavy atom. The van der Waals surface area contributed by atoms with Crippen molar-refractivity contribution in [2.75, 3.05) is 42.9 Å². The number of anilines is 2. The smallest absolute Gasteiger partial charge is 0.386 e. The Morgan fingerprint density at radius 3 is 2.41 bits per heavy atom. The lowest BCUT2D eigenvalue weighted by Crippen LogP contribution is -2.41. The van der Waals surface area contributed by atoms with Crippen molar-refractivity contribution in [2.45, 2.75) is 76.1 Å². The zero-order valence-electron chi connectivity index (χ0n) is 32.7. The molecule has 58 heavy (non-hydrogen) atoms.